The van der Waals surface area contributed by atoms with E-state index in [0.717, 1.165) is 30.6 Å². The van der Waals surface area contributed by atoms with E-state index < -0.39 is 6.10 Å². The molecule has 1 aliphatic rings. The Kier molecular flexibility index (Phi) is 4.19. The highest BCUT2D eigenvalue weighted by atomic mass is 16.5. The zero-order valence-electron chi connectivity index (χ0n) is 12.6. The average molecular weight is 262 g/mol. The maximum atomic E-state index is 10.5. The van der Waals surface area contributed by atoms with Crippen molar-refractivity contribution in [2.75, 3.05) is 0 Å². The molecule has 1 heterocycles. The third-order valence-corrected chi connectivity index (χ3v) is 4.48. The Bertz CT molecular complexity index is 441. The topological polar surface area (TPSA) is 29.5 Å². The molecule has 0 bridgehead atoms. The summed E-state index contributed by atoms with van der Waals surface area (Å²) >= 11 is 0. The highest BCUT2D eigenvalue weighted by Crippen LogP contribution is 2.44. The number of hydrogen-bond donors (Lipinski definition) is 1. The van der Waals surface area contributed by atoms with Gasteiger partial charge < -0.3 is 9.84 Å². The molecule has 0 radical (unpaired) electrons. The van der Waals surface area contributed by atoms with Gasteiger partial charge in [0, 0.05) is 12.0 Å². The third-order valence-electron chi connectivity index (χ3n) is 4.48. The van der Waals surface area contributed by atoms with E-state index in [1.807, 2.05) is 19.1 Å². The third kappa shape index (κ3) is 2.94. The van der Waals surface area contributed by atoms with Crippen molar-refractivity contribution in [2.45, 2.75) is 65.1 Å². The van der Waals surface area contributed by atoms with Crippen molar-refractivity contribution in [3.8, 4) is 5.75 Å². The van der Waals surface area contributed by atoms with Crippen molar-refractivity contribution in [3.63, 3.8) is 0 Å². The van der Waals surface area contributed by atoms with Gasteiger partial charge in [0.1, 0.15) is 11.4 Å². The first-order chi connectivity index (χ1) is 8.99. The number of ether oxygens (including phenoxy) is 1. The summed E-state index contributed by atoms with van der Waals surface area (Å²) in [4.78, 5) is 0. The van der Waals surface area contributed by atoms with Crippen molar-refractivity contribution in [1.82, 2.24) is 0 Å². The molecular formula is C17H26O2. The molecule has 0 fully saturated rings. The summed E-state index contributed by atoms with van der Waals surface area (Å²) in [6.07, 6.45) is 3.44. The predicted octanol–water partition coefficient (Wildman–Crippen LogP) is 4.40. The van der Waals surface area contributed by atoms with Crippen LogP contribution in [0.3, 0.4) is 0 Å². The van der Waals surface area contributed by atoms with Crippen LogP contribution in [0, 0.1) is 12.8 Å². The quantitative estimate of drug-likeness (QED) is 0.871. The summed E-state index contributed by atoms with van der Waals surface area (Å²) in [5.74, 6) is 1.49. The van der Waals surface area contributed by atoms with Crippen LogP contribution in [0.25, 0.3) is 0 Å². The Hall–Kier alpha value is -1.02. The second-order valence-electron chi connectivity index (χ2n) is 6.12. The van der Waals surface area contributed by atoms with Gasteiger partial charge in [-0.1, -0.05) is 38.8 Å². The van der Waals surface area contributed by atoms with Crippen LogP contribution in [0.5, 0.6) is 5.75 Å². The van der Waals surface area contributed by atoms with E-state index >= 15 is 0 Å². The van der Waals surface area contributed by atoms with Gasteiger partial charge in [0.15, 0.2) is 0 Å². The van der Waals surface area contributed by atoms with Gasteiger partial charge in [-0.15, -0.1) is 0 Å². The summed E-state index contributed by atoms with van der Waals surface area (Å²) in [5, 5.41) is 10.5. The second kappa shape index (κ2) is 5.54. The molecule has 2 rings (SSSR count). The summed E-state index contributed by atoms with van der Waals surface area (Å²) < 4.78 is 6.31. The molecule has 0 spiro atoms. The van der Waals surface area contributed by atoms with E-state index in [4.69, 9.17) is 4.74 Å². The molecular weight excluding hydrogens is 236 g/mol. The molecule has 2 heteroatoms. The Morgan fingerprint density at radius 1 is 1.42 bits per heavy atom. The zero-order chi connectivity index (χ0) is 14.0. The first-order valence-corrected chi connectivity index (χ1v) is 7.47. The summed E-state index contributed by atoms with van der Waals surface area (Å²) in [5.41, 5.74) is 1.93. The molecule has 19 heavy (non-hydrogen) atoms. The highest BCUT2D eigenvalue weighted by molar-refractivity contribution is 5.40. The summed E-state index contributed by atoms with van der Waals surface area (Å²) in [6.45, 7) is 8.69. The zero-order valence-corrected chi connectivity index (χ0v) is 12.6. The lowest BCUT2D eigenvalue weighted by Crippen LogP contribution is -2.42. The van der Waals surface area contributed by atoms with Crippen LogP contribution in [0.2, 0.25) is 0 Å². The van der Waals surface area contributed by atoms with Crippen molar-refractivity contribution in [1.29, 1.82) is 0 Å². The molecule has 3 atom stereocenters. The first kappa shape index (κ1) is 14.4. The first-order valence-electron chi connectivity index (χ1n) is 7.47. The lowest BCUT2D eigenvalue weighted by atomic mass is 9.80. The number of hydrogen-bond acceptors (Lipinski definition) is 2. The van der Waals surface area contributed by atoms with Crippen molar-refractivity contribution < 1.29 is 9.84 Å². The van der Waals surface area contributed by atoms with Gasteiger partial charge in [-0.25, -0.2) is 0 Å². The van der Waals surface area contributed by atoms with Gasteiger partial charge in [0.25, 0.3) is 0 Å². The molecule has 1 N–H and O–H groups in total. The van der Waals surface area contributed by atoms with Gasteiger partial charge in [-0.2, -0.15) is 0 Å². The van der Waals surface area contributed by atoms with Crippen LogP contribution in [-0.2, 0) is 0 Å². The Morgan fingerprint density at radius 2 is 2.16 bits per heavy atom. The van der Waals surface area contributed by atoms with Gasteiger partial charge in [0.05, 0.1) is 6.10 Å². The van der Waals surface area contributed by atoms with E-state index in [2.05, 4.69) is 26.8 Å². The molecule has 3 unspecified atom stereocenters. The van der Waals surface area contributed by atoms with E-state index in [1.54, 1.807) is 0 Å². The molecule has 0 aliphatic carbocycles. The van der Waals surface area contributed by atoms with Crippen LogP contribution < -0.4 is 4.74 Å². The Morgan fingerprint density at radius 3 is 2.79 bits per heavy atom. The minimum Gasteiger partial charge on any atom is -0.487 e. The van der Waals surface area contributed by atoms with Gasteiger partial charge in [-0.3, -0.25) is 0 Å². The molecule has 1 aromatic rings. The number of fused-ring (bicyclic) bond motifs is 1. The lowest BCUT2D eigenvalue weighted by molar-refractivity contribution is -0.0319. The number of aliphatic hydroxyl groups excluding tert-OH is 1. The Labute approximate surface area is 116 Å². The lowest BCUT2D eigenvalue weighted by Gasteiger charge is -2.42. The van der Waals surface area contributed by atoms with Gasteiger partial charge in [-0.05, 0) is 37.8 Å². The number of benzene rings is 1. The summed E-state index contributed by atoms with van der Waals surface area (Å²) in [6, 6.07) is 6.11. The maximum absolute atomic E-state index is 10.5. The predicted molar refractivity (Wildman–Crippen MR) is 78.5 cm³/mol. The molecule has 0 saturated carbocycles. The van der Waals surface area contributed by atoms with Crippen molar-refractivity contribution in [2.24, 2.45) is 5.92 Å². The number of aliphatic hydroxyl groups is 1. The molecule has 2 nitrogen and oxygen atoms in total. The minimum absolute atomic E-state index is 0.197. The van der Waals surface area contributed by atoms with Gasteiger partial charge in [0.2, 0.25) is 0 Å². The molecule has 0 amide bonds. The second-order valence-corrected chi connectivity index (χ2v) is 6.12. The minimum atomic E-state index is -0.396. The van der Waals surface area contributed by atoms with E-state index in [1.165, 1.54) is 5.56 Å². The van der Waals surface area contributed by atoms with E-state index in [0.29, 0.717) is 12.3 Å². The van der Waals surface area contributed by atoms with Crippen LogP contribution in [0.15, 0.2) is 18.2 Å². The normalized spacial score (nSPS) is 27.5. The molecule has 1 aromatic carbocycles. The fourth-order valence-electron chi connectivity index (χ4n) is 3.02. The molecule has 1 aliphatic heterocycles. The molecule has 0 saturated heterocycles. The number of aryl methyl sites for hydroxylation is 1. The van der Waals surface area contributed by atoms with Crippen molar-refractivity contribution in [3.05, 3.63) is 29.3 Å². The standard InChI is InChI=1S/C17H26O2/c1-5-12(3)10-17(6-2)11-15(18)14-9-13(4)7-8-16(14)19-17/h7-9,12,15,18H,5-6,10-11H2,1-4H3. The van der Waals surface area contributed by atoms with Crippen LogP contribution in [0.1, 0.15) is 63.7 Å². The largest absolute Gasteiger partial charge is 0.487 e. The average Bonchev–Trinajstić information content (AvgIpc) is 2.39. The fourth-order valence-corrected chi connectivity index (χ4v) is 3.02. The summed E-state index contributed by atoms with van der Waals surface area (Å²) in [7, 11) is 0. The fraction of sp³-hybridized carbons (Fsp3) is 0.647. The molecule has 106 valence electrons. The van der Waals surface area contributed by atoms with Crippen LogP contribution in [0.4, 0.5) is 0 Å². The van der Waals surface area contributed by atoms with E-state index in [9.17, 15) is 5.11 Å². The van der Waals surface area contributed by atoms with Crippen LogP contribution >= 0.6 is 0 Å². The van der Waals surface area contributed by atoms with Gasteiger partial charge >= 0.3 is 0 Å². The Balaban J connectivity index is 2.29. The molecule has 0 aromatic heterocycles. The monoisotopic (exact) mass is 262 g/mol. The highest BCUT2D eigenvalue weighted by Gasteiger charge is 2.39. The van der Waals surface area contributed by atoms with Crippen molar-refractivity contribution >= 4 is 0 Å². The van der Waals surface area contributed by atoms with E-state index in [-0.39, 0.29) is 5.60 Å². The SMILES string of the molecule is CCC(C)CC1(CC)CC(O)c2cc(C)ccc2O1. The maximum Gasteiger partial charge on any atom is 0.125 e. The number of rotatable bonds is 4. The van der Waals surface area contributed by atoms with Crippen LogP contribution in [-0.4, -0.2) is 10.7 Å². The smallest absolute Gasteiger partial charge is 0.125 e.